The first kappa shape index (κ1) is 22.9. The van der Waals surface area contributed by atoms with Gasteiger partial charge in [0, 0.05) is 83.5 Å². The smallest absolute Gasteiger partial charge is 0.263 e. The summed E-state index contributed by atoms with van der Waals surface area (Å²) in [5.41, 5.74) is -1.33. The van der Waals surface area contributed by atoms with Gasteiger partial charge in [0.2, 0.25) is 5.95 Å². The molecule has 4 aliphatic rings. The minimum Gasteiger partial charge on any atom is -0.338 e. The van der Waals surface area contributed by atoms with Gasteiger partial charge in [-0.2, -0.15) is 0 Å². The zero-order chi connectivity index (χ0) is 23.3. The van der Waals surface area contributed by atoms with E-state index >= 15 is 0 Å². The van der Waals surface area contributed by atoms with E-state index < -0.39 is 30.6 Å². The number of alkyl halides is 4. The Bertz CT molecular complexity index is 854. The van der Waals surface area contributed by atoms with E-state index in [-0.39, 0.29) is 32.0 Å². The zero-order valence-electron chi connectivity index (χ0n) is 18.4. The summed E-state index contributed by atoms with van der Waals surface area (Å²) in [6, 6.07) is 1.66. The summed E-state index contributed by atoms with van der Waals surface area (Å²) in [5, 5.41) is 3.18. The van der Waals surface area contributed by atoms with Crippen molar-refractivity contribution in [3.63, 3.8) is 0 Å². The largest absolute Gasteiger partial charge is 0.338 e. The molecule has 182 valence electrons. The van der Waals surface area contributed by atoms with Gasteiger partial charge in [-0.05, 0) is 6.07 Å². The number of anilines is 1. The van der Waals surface area contributed by atoms with Crippen LogP contribution < -0.4 is 4.90 Å². The van der Waals surface area contributed by atoms with Crippen LogP contribution in [0.15, 0.2) is 18.5 Å². The second-order valence-electron chi connectivity index (χ2n) is 9.53. The van der Waals surface area contributed by atoms with Crippen LogP contribution in [-0.4, -0.2) is 119 Å². The Morgan fingerprint density at radius 1 is 0.909 bits per heavy atom. The maximum atomic E-state index is 14.1. The molecule has 0 radical (unpaired) electrons. The number of piperazine rings is 1. The number of nitrogens with zero attached hydrogens (tertiary/aromatic N) is 7. The summed E-state index contributed by atoms with van der Waals surface area (Å²) in [6.45, 7) is 2.29. The Kier molecular flexibility index (Phi) is 5.82. The van der Waals surface area contributed by atoms with Crippen LogP contribution in [0.25, 0.3) is 0 Å². The van der Waals surface area contributed by atoms with E-state index in [1.807, 2.05) is 0 Å². The first-order valence-electron chi connectivity index (χ1n) is 11.5. The van der Waals surface area contributed by atoms with E-state index in [0.29, 0.717) is 51.4 Å². The highest BCUT2D eigenvalue weighted by Gasteiger charge is 2.59. The fraction of sp³-hybridized carbons (Fsp3) is 0.762. The molecule has 4 fully saturated rings. The van der Waals surface area contributed by atoms with Crippen molar-refractivity contribution in [3.8, 4) is 0 Å². The van der Waals surface area contributed by atoms with Crippen LogP contribution in [0.1, 0.15) is 19.3 Å². The van der Waals surface area contributed by atoms with Crippen molar-refractivity contribution in [3.05, 3.63) is 18.5 Å². The molecule has 0 aliphatic carbocycles. The Hall–Kier alpha value is -1.89. The first-order chi connectivity index (χ1) is 15.7. The van der Waals surface area contributed by atoms with Gasteiger partial charge in [0.25, 0.3) is 11.8 Å². The number of aromatic nitrogens is 2. The number of likely N-dealkylation sites (tertiary alicyclic amines) is 1. The van der Waals surface area contributed by atoms with E-state index in [2.05, 4.69) is 19.8 Å². The standard InChI is InChI=1S/C21H29F4N7O/c22-19(23)2-6-30(14-19)21(16-33)12-17(13-32(21)31-7-3-20(24,25)15-31)28-8-10-29(11-9-28)18-26-4-1-5-27-18/h1,4-5,16-17H,2-3,6-15H2/t17-,21-/m0/s1. The third kappa shape index (κ3) is 4.33. The van der Waals surface area contributed by atoms with Gasteiger partial charge in [0.15, 0.2) is 6.29 Å². The quantitative estimate of drug-likeness (QED) is 0.469. The second-order valence-corrected chi connectivity index (χ2v) is 9.53. The van der Waals surface area contributed by atoms with E-state index in [4.69, 9.17) is 0 Å². The second kappa shape index (κ2) is 8.40. The van der Waals surface area contributed by atoms with Crippen molar-refractivity contribution in [2.45, 2.75) is 42.8 Å². The molecule has 4 aliphatic heterocycles. The van der Waals surface area contributed by atoms with Crippen LogP contribution in [0.4, 0.5) is 23.5 Å². The van der Waals surface area contributed by atoms with Crippen molar-refractivity contribution in [2.75, 3.05) is 63.8 Å². The maximum absolute atomic E-state index is 14.1. The Balaban J connectivity index is 1.34. The minimum atomic E-state index is -2.88. The molecule has 0 N–H and O–H groups in total. The fourth-order valence-corrected chi connectivity index (χ4v) is 5.69. The topological polar surface area (TPSA) is 59.1 Å². The van der Waals surface area contributed by atoms with Crippen molar-refractivity contribution in [2.24, 2.45) is 0 Å². The summed E-state index contributed by atoms with van der Waals surface area (Å²) in [7, 11) is 0. The fourth-order valence-electron chi connectivity index (χ4n) is 5.69. The Morgan fingerprint density at radius 2 is 1.58 bits per heavy atom. The molecule has 5 heterocycles. The van der Waals surface area contributed by atoms with Gasteiger partial charge in [0.1, 0.15) is 5.66 Å². The molecule has 0 bridgehead atoms. The molecule has 1 aromatic heterocycles. The molecule has 0 aromatic carbocycles. The normalized spacial score (nSPS) is 33.7. The number of rotatable bonds is 5. The summed E-state index contributed by atoms with van der Waals surface area (Å²) >= 11 is 0. The van der Waals surface area contributed by atoms with Gasteiger partial charge >= 0.3 is 0 Å². The molecule has 0 amide bonds. The number of hydrogen-bond donors (Lipinski definition) is 0. The summed E-state index contributed by atoms with van der Waals surface area (Å²) in [5.74, 6) is -5.06. The third-order valence-corrected chi connectivity index (χ3v) is 7.43. The van der Waals surface area contributed by atoms with Gasteiger partial charge < -0.3 is 4.90 Å². The molecular formula is C21H29F4N7O. The summed E-state index contributed by atoms with van der Waals surface area (Å²) < 4.78 is 56.3. The molecule has 33 heavy (non-hydrogen) atoms. The summed E-state index contributed by atoms with van der Waals surface area (Å²) in [4.78, 5) is 26.9. The van der Waals surface area contributed by atoms with Crippen LogP contribution >= 0.6 is 0 Å². The van der Waals surface area contributed by atoms with Crippen LogP contribution in [0.3, 0.4) is 0 Å². The van der Waals surface area contributed by atoms with E-state index in [0.717, 1.165) is 0 Å². The molecular weight excluding hydrogens is 442 g/mol. The molecule has 0 unspecified atom stereocenters. The predicted octanol–water partition coefficient (Wildman–Crippen LogP) is 1.17. The van der Waals surface area contributed by atoms with E-state index in [9.17, 15) is 22.4 Å². The third-order valence-electron chi connectivity index (χ3n) is 7.43. The Morgan fingerprint density at radius 3 is 2.15 bits per heavy atom. The lowest BCUT2D eigenvalue weighted by Gasteiger charge is -2.44. The number of carbonyl (C=O) groups excluding carboxylic acids is 1. The van der Waals surface area contributed by atoms with Gasteiger partial charge in [-0.3, -0.25) is 14.6 Å². The lowest BCUT2D eigenvalue weighted by Crippen LogP contribution is -2.63. The molecule has 0 spiro atoms. The molecule has 5 rings (SSSR count). The number of halogens is 4. The van der Waals surface area contributed by atoms with Crippen molar-refractivity contribution < 1.29 is 22.4 Å². The average Bonchev–Trinajstić information content (AvgIpc) is 3.49. The summed E-state index contributed by atoms with van der Waals surface area (Å²) in [6.07, 6.45) is 3.79. The Labute approximate surface area is 190 Å². The average molecular weight is 472 g/mol. The van der Waals surface area contributed by atoms with E-state index in [1.54, 1.807) is 23.5 Å². The molecule has 8 nitrogen and oxygen atoms in total. The van der Waals surface area contributed by atoms with Gasteiger partial charge in [-0.15, -0.1) is 0 Å². The molecule has 1 aromatic rings. The number of aldehydes is 1. The number of hydrogen-bond acceptors (Lipinski definition) is 8. The molecule has 2 atom stereocenters. The van der Waals surface area contributed by atoms with Crippen LogP contribution in [-0.2, 0) is 4.79 Å². The zero-order valence-corrected chi connectivity index (χ0v) is 18.4. The first-order valence-corrected chi connectivity index (χ1v) is 11.5. The molecule has 4 saturated heterocycles. The van der Waals surface area contributed by atoms with Crippen LogP contribution in [0.2, 0.25) is 0 Å². The van der Waals surface area contributed by atoms with Crippen LogP contribution in [0, 0.1) is 0 Å². The van der Waals surface area contributed by atoms with Gasteiger partial charge in [-0.1, -0.05) is 0 Å². The number of hydrazine groups is 1. The lowest BCUT2D eigenvalue weighted by molar-refractivity contribution is -0.163. The highest BCUT2D eigenvalue weighted by atomic mass is 19.3. The monoisotopic (exact) mass is 471 g/mol. The predicted molar refractivity (Wildman–Crippen MR) is 112 cm³/mol. The van der Waals surface area contributed by atoms with E-state index in [1.165, 1.54) is 9.91 Å². The molecule has 0 saturated carbocycles. The number of carbonyl (C=O) groups is 1. The van der Waals surface area contributed by atoms with Gasteiger partial charge in [-0.25, -0.2) is 37.5 Å². The lowest BCUT2D eigenvalue weighted by atomic mass is 10.0. The molecule has 12 heteroatoms. The highest BCUT2D eigenvalue weighted by molar-refractivity contribution is 5.65. The minimum absolute atomic E-state index is 0.0678. The van der Waals surface area contributed by atoms with Crippen molar-refractivity contribution in [1.29, 1.82) is 0 Å². The highest BCUT2D eigenvalue weighted by Crippen LogP contribution is 2.42. The maximum Gasteiger partial charge on any atom is 0.263 e. The van der Waals surface area contributed by atoms with Crippen molar-refractivity contribution >= 4 is 12.2 Å². The SMILES string of the molecule is O=C[C@]1(N2CCC(F)(F)C2)C[C@H](N2CCN(c3ncccn3)CC2)CN1N1CCC(F)(F)C1. The van der Waals surface area contributed by atoms with Crippen molar-refractivity contribution in [1.82, 2.24) is 29.8 Å². The van der Waals surface area contributed by atoms with Crippen LogP contribution in [0.5, 0.6) is 0 Å². The van der Waals surface area contributed by atoms with Gasteiger partial charge in [0.05, 0.1) is 13.1 Å².